The normalized spacial score (nSPS) is 15.4. The third kappa shape index (κ3) is 4.56. The molecule has 2 amide bonds. The van der Waals surface area contributed by atoms with Gasteiger partial charge in [0.05, 0.1) is 6.04 Å². The van der Waals surface area contributed by atoms with Crippen LogP contribution in [0.5, 0.6) is 0 Å². The number of hydrogen-bond donors (Lipinski definition) is 0. The number of carbonyl (C=O) groups is 2. The maximum Gasteiger partial charge on any atom is 0.254 e. The fourth-order valence-corrected chi connectivity index (χ4v) is 5.52. The molecule has 1 unspecified atom stereocenters. The molecule has 0 bridgehead atoms. The molecule has 0 spiro atoms. The van der Waals surface area contributed by atoms with Crippen LogP contribution >= 0.6 is 34.5 Å². The average molecular weight is 487 g/mol. The highest BCUT2D eigenvalue weighted by molar-refractivity contribution is 7.10. The quantitative estimate of drug-likeness (QED) is 0.443. The maximum absolute atomic E-state index is 13.5. The zero-order chi connectivity index (χ0) is 22.8. The molecule has 0 aliphatic carbocycles. The van der Waals surface area contributed by atoms with E-state index < -0.39 is 0 Å². The van der Waals surface area contributed by atoms with Crippen molar-refractivity contribution in [3.05, 3.63) is 91.1 Å². The number of hydrogen-bond acceptors (Lipinski definition) is 3. The number of aryl methyl sites for hydroxylation is 1. The SMILES string of the molecule is CCN(CC(=O)N1CCc2sccc2C1c1ccc(Cl)cc1Cl)C(=O)c1ccc(C)cc1. The second kappa shape index (κ2) is 9.65. The van der Waals surface area contributed by atoms with Crippen molar-refractivity contribution in [3.8, 4) is 0 Å². The predicted molar refractivity (Wildman–Crippen MR) is 131 cm³/mol. The van der Waals surface area contributed by atoms with Gasteiger partial charge in [0.1, 0.15) is 6.54 Å². The molecule has 1 aliphatic rings. The van der Waals surface area contributed by atoms with Gasteiger partial charge in [0, 0.05) is 33.6 Å². The van der Waals surface area contributed by atoms with Crippen molar-refractivity contribution in [2.75, 3.05) is 19.6 Å². The van der Waals surface area contributed by atoms with Crippen LogP contribution in [0.1, 0.15) is 44.9 Å². The number of amides is 2. The first-order valence-corrected chi connectivity index (χ1v) is 12.2. The summed E-state index contributed by atoms with van der Waals surface area (Å²) in [5.41, 5.74) is 3.60. The Hall–Kier alpha value is -2.34. The Morgan fingerprint density at radius 1 is 1.09 bits per heavy atom. The van der Waals surface area contributed by atoms with Crippen LogP contribution in [0.2, 0.25) is 10.0 Å². The van der Waals surface area contributed by atoms with E-state index in [0.717, 1.165) is 23.1 Å². The number of nitrogens with zero attached hydrogens (tertiary/aromatic N) is 2. The summed E-state index contributed by atoms with van der Waals surface area (Å²) in [5, 5.41) is 3.13. The van der Waals surface area contributed by atoms with Crippen LogP contribution in [0.3, 0.4) is 0 Å². The van der Waals surface area contributed by atoms with E-state index in [1.165, 1.54) is 4.88 Å². The summed E-state index contributed by atoms with van der Waals surface area (Å²) in [6.45, 7) is 4.91. The highest BCUT2D eigenvalue weighted by Crippen LogP contribution is 2.41. The van der Waals surface area contributed by atoms with Gasteiger partial charge in [-0.05, 0) is 67.1 Å². The summed E-state index contributed by atoms with van der Waals surface area (Å²) in [7, 11) is 0. The lowest BCUT2D eigenvalue weighted by Gasteiger charge is -2.38. The smallest absolute Gasteiger partial charge is 0.254 e. The molecular weight excluding hydrogens is 463 g/mol. The van der Waals surface area contributed by atoms with Crippen LogP contribution < -0.4 is 0 Å². The molecular formula is C25H24Cl2N2O2S. The molecule has 0 radical (unpaired) electrons. The Labute approximate surface area is 202 Å². The van der Waals surface area contributed by atoms with E-state index in [2.05, 4.69) is 11.4 Å². The lowest BCUT2D eigenvalue weighted by Crippen LogP contribution is -2.46. The standard InChI is InChI=1S/C25H24Cl2N2O2S/c1-3-28(25(31)17-6-4-16(2)5-7-17)15-23(30)29-12-10-22-20(11-13-32-22)24(29)19-9-8-18(26)14-21(19)27/h4-9,11,13-14,24H,3,10,12,15H2,1-2H3. The summed E-state index contributed by atoms with van der Waals surface area (Å²) in [6, 6.07) is 14.6. The number of thiophene rings is 1. The minimum absolute atomic E-state index is 0.0182. The van der Waals surface area contributed by atoms with Gasteiger partial charge in [-0.1, -0.05) is 47.0 Å². The lowest BCUT2D eigenvalue weighted by molar-refractivity contribution is -0.134. The zero-order valence-corrected chi connectivity index (χ0v) is 20.3. The number of benzene rings is 2. The van der Waals surface area contributed by atoms with Crippen molar-refractivity contribution in [2.45, 2.75) is 26.3 Å². The van der Waals surface area contributed by atoms with Crippen molar-refractivity contribution in [1.82, 2.24) is 9.80 Å². The van der Waals surface area contributed by atoms with Crippen molar-refractivity contribution in [1.29, 1.82) is 0 Å². The predicted octanol–water partition coefficient (Wildman–Crippen LogP) is 6.00. The molecule has 0 fully saturated rings. The van der Waals surface area contributed by atoms with Crippen LogP contribution in [0.4, 0.5) is 0 Å². The topological polar surface area (TPSA) is 40.6 Å². The monoisotopic (exact) mass is 486 g/mol. The van der Waals surface area contributed by atoms with Gasteiger partial charge in [0.15, 0.2) is 0 Å². The van der Waals surface area contributed by atoms with Gasteiger partial charge in [-0.25, -0.2) is 0 Å². The fourth-order valence-electron chi connectivity index (χ4n) is 4.10. The highest BCUT2D eigenvalue weighted by Gasteiger charge is 2.35. The van der Waals surface area contributed by atoms with Crippen molar-refractivity contribution in [3.63, 3.8) is 0 Å². The Bertz CT molecular complexity index is 1140. The largest absolute Gasteiger partial charge is 0.330 e. The van der Waals surface area contributed by atoms with Gasteiger partial charge < -0.3 is 9.80 Å². The first-order valence-electron chi connectivity index (χ1n) is 10.6. The average Bonchev–Trinajstić information content (AvgIpc) is 3.26. The summed E-state index contributed by atoms with van der Waals surface area (Å²) >= 11 is 14.4. The van der Waals surface area contributed by atoms with E-state index in [1.54, 1.807) is 40.5 Å². The van der Waals surface area contributed by atoms with Crippen molar-refractivity contribution >= 4 is 46.4 Å². The summed E-state index contributed by atoms with van der Waals surface area (Å²) in [6.07, 6.45) is 0.790. The molecule has 166 valence electrons. The molecule has 4 nitrogen and oxygen atoms in total. The zero-order valence-electron chi connectivity index (χ0n) is 18.0. The molecule has 4 rings (SSSR count). The van der Waals surface area contributed by atoms with Gasteiger partial charge in [-0.2, -0.15) is 0 Å². The summed E-state index contributed by atoms with van der Waals surface area (Å²) in [5.74, 6) is -0.240. The number of rotatable bonds is 5. The second-order valence-electron chi connectivity index (χ2n) is 7.89. The molecule has 0 saturated carbocycles. The third-order valence-corrected chi connectivity index (χ3v) is 7.40. The van der Waals surface area contributed by atoms with Crippen LogP contribution in [-0.2, 0) is 11.2 Å². The van der Waals surface area contributed by atoms with Gasteiger partial charge in [-0.15, -0.1) is 11.3 Å². The Balaban J connectivity index is 1.62. The van der Waals surface area contributed by atoms with Crippen LogP contribution in [0, 0.1) is 6.92 Å². The molecule has 7 heteroatoms. The minimum atomic E-state index is -0.296. The van der Waals surface area contributed by atoms with Gasteiger partial charge in [-0.3, -0.25) is 9.59 Å². The van der Waals surface area contributed by atoms with Gasteiger partial charge in [0.2, 0.25) is 5.91 Å². The first-order chi connectivity index (χ1) is 15.4. The molecule has 0 saturated heterocycles. The molecule has 0 N–H and O–H groups in total. The van der Waals surface area contributed by atoms with E-state index in [0.29, 0.717) is 28.7 Å². The van der Waals surface area contributed by atoms with E-state index >= 15 is 0 Å². The molecule has 2 aromatic carbocycles. The van der Waals surface area contributed by atoms with E-state index in [9.17, 15) is 9.59 Å². The molecule has 1 aliphatic heterocycles. The van der Waals surface area contributed by atoms with E-state index in [-0.39, 0.29) is 24.4 Å². The van der Waals surface area contributed by atoms with E-state index in [4.69, 9.17) is 23.2 Å². The van der Waals surface area contributed by atoms with Crippen LogP contribution in [-0.4, -0.2) is 41.2 Å². The lowest BCUT2D eigenvalue weighted by atomic mass is 9.93. The summed E-state index contributed by atoms with van der Waals surface area (Å²) in [4.78, 5) is 31.2. The summed E-state index contributed by atoms with van der Waals surface area (Å²) < 4.78 is 0. The van der Waals surface area contributed by atoms with E-state index in [1.807, 2.05) is 36.9 Å². The van der Waals surface area contributed by atoms with Crippen LogP contribution in [0.25, 0.3) is 0 Å². The maximum atomic E-state index is 13.5. The molecule has 2 heterocycles. The Morgan fingerprint density at radius 2 is 1.84 bits per heavy atom. The Morgan fingerprint density at radius 3 is 2.53 bits per heavy atom. The number of halogens is 2. The van der Waals surface area contributed by atoms with Gasteiger partial charge >= 0.3 is 0 Å². The second-order valence-corrected chi connectivity index (χ2v) is 9.73. The first kappa shape index (κ1) is 22.8. The van der Waals surface area contributed by atoms with Crippen LogP contribution in [0.15, 0.2) is 53.9 Å². The third-order valence-electron chi connectivity index (χ3n) is 5.84. The number of fused-ring (bicyclic) bond motifs is 1. The van der Waals surface area contributed by atoms with Gasteiger partial charge in [0.25, 0.3) is 5.91 Å². The van der Waals surface area contributed by atoms with Crippen molar-refractivity contribution < 1.29 is 9.59 Å². The Kier molecular flexibility index (Phi) is 6.89. The molecule has 32 heavy (non-hydrogen) atoms. The number of likely N-dealkylation sites (N-methyl/N-ethyl adjacent to an activating group) is 1. The fraction of sp³-hybridized carbons (Fsp3) is 0.280. The molecule has 1 aromatic heterocycles. The minimum Gasteiger partial charge on any atom is -0.330 e. The molecule has 3 aromatic rings. The molecule has 1 atom stereocenters. The number of carbonyl (C=O) groups excluding carboxylic acids is 2. The highest BCUT2D eigenvalue weighted by atomic mass is 35.5. The van der Waals surface area contributed by atoms with Crippen molar-refractivity contribution in [2.24, 2.45) is 0 Å².